The lowest BCUT2D eigenvalue weighted by Gasteiger charge is -2.50. The Bertz CT molecular complexity index is 702. The van der Waals surface area contributed by atoms with Crippen LogP contribution in [0.15, 0.2) is 12.1 Å². The molecule has 1 unspecified atom stereocenters. The van der Waals surface area contributed by atoms with Gasteiger partial charge in [0.15, 0.2) is 23.4 Å². The van der Waals surface area contributed by atoms with Crippen LogP contribution in [0.3, 0.4) is 0 Å². The molecule has 1 saturated heterocycles. The second-order valence-corrected chi connectivity index (χ2v) is 6.94. The van der Waals surface area contributed by atoms with Gasteiger partial charge in [-0.25, -0.2) is 0 Å². The second kappa shape index (κ2) is 3.25. The van der Waals surface area contributed by atoms with Crippen LogP contribution in [0.1, 0.15) is 24.0 Å². The minimum atomic E-state index is -0.938. The number of likely N-dealkylation sites (tertiary alicyclic amines) is 1. The molecule has 1 saturated carbocycles. The molecule has 2 heterocycles. The van der Waals surface area contributed by atoms with Crippen molar-refractivity contribution in [2.75, 3.05) is 13.6 Å². The van der Waals surface area contributed by atoms with Gasteiger partial charge in [-0.2, -0.15) is 0 Å². The van der Waals surface area contributed by atoms with Crippen molar-refractivity contribution in [2.45, 2.75) is 42.4 Å². The van der Waals surface area contributed by atoms with E-state index in [0.29, 0.717) is 25.1 Å². The maximum Gasteiger partial charge on any atom is 0.174 e. The summed E-state index contributed by atoms with van der Waals surface area (Å²) in [4.78, 5) is 14.6. The van der Waals surface area contributed by atoms with Crippen molar-refractivity contribution in [1.29, 1.82) is 0 Å². The van der Waals surface area contributed by atoms with Crippen molar-refractivity contribution in [1.82, 2.24) is 4.90 Å². The van der Waals surface area contributed by atoms with E-state index in [2.05, 4.69) is 4.90 Å². The first-order chi connectivity index (χ1) is 9.99. The van der Waals surface area contributed by atoms with Gasteiger partial charge in [0, 0.05) is 24.6 Å². The molecule has 2 bridgehead atoms. The molecule has 1 aromatic carbocycles. The first-order valence-corrected chi connectivity index (χ1v) is 7.46. The largest absolute Gasteiger partial charge is 0.504 e. The maximum atomic E-state index is 12.4. The molecule has 110 valence electrons. The van der Waals surface area contributed by atoms with E-state index in [1.807, 2.05) is 13.1 Å². The van der Waals surface area contributed by atoms with Gasteiger partial charge in [0.25, 0.3) is 0 Å². The first-order valence-electron chi connectivity index (χ1n) is 7.46. The third-order valence-electron chi connectivity index (χ3n) is 6.17. The predicted octanol–water partition coefficient (Wildman–Crippen LogP) is 0.355. The summed E-state index contributed by atoms with van der Waals surface area (Å²) >= 11 is 0. The molecular weight excluding hydrogens is 270 g/mol. The number of likely N-dealkylation sites (N-methyl/N-ethyl adjacent to an activating group) is 1. The van der Waals surface area contributed by atoms with Gasteiger partial charge in [0.05, 0.1) is 11.0 Å². The second-order valence-electron chi connectivity index (χ2n) is 6.94. The molecule has 1 spiro atoms. The average Bonchev–Trinajstić information content (AvgIpc) is 2.85. The van der Waals surface area contributed by atoms with Crippen LogP contribution < -0.4 is 4.74 Å². The zero-order valence-corrected chi connectivity index (χ0v) is 11.8. The Labute approximate surface area is 122 Å². The highest BCUT2D eigenvalue weighted by Gasteiger charge is 2.75. The summed E-state index contributed by atoms with van der Waals surface area (Å²) in [5.74, 6) is 0.526. The maximum absolute atomic E-state index is 12.4. The number of nitrogens with zero attached hydrogens (tertiary/aromatic N) is 1. The summed E-state index contributed by atoms with van der Waals surface area (Å²) in [6.07, 6.45) is 0.903. The lowest BCUT2D eigenvalue weighted by molar-refractivity contribution is -0.147. The van der Waals surface area contributed by atoms with Gasteiger partial charge in [0.1, 0.15) is 0 Å². The molecule has 2 N–H and O–H groups in total. The fourth-order valence-electron chi connectivity index (χ4n) is 5.36. The molecule has 1 aromatic rings. The van der Waals surface area contributed by atoms with Crippen molar-refractivity contribution in [3.05, 3.63) is 23.3 Å². The molecule has 0 amide bonds. The van der Waals surface area contributed by atoms with E-state index in [-0.39, 0.29) is 17.6 Å². The van der Waals surface area contributed by atoms with Crippen LogP contribution >= 0.6 is 0 Å². The van der Waals surface area contributed by atoms with E-state index >= 15 is 0 Å². The van der Waals surface area contributed by atoms with Gasteiger partial charge < -0.3 is 14.9 Å². The van der Waals surface area contributed by atoms with E-state index < -0.39 is 17.1 Å². The molecule has 5 nitrogen and oxygen atoms in total. The number of aliphatic hydroxyl groups is 1. The summed E-state index contributed by atoms with van der Waals surface area (Å²) in [7, 11) is 2.00. The minimum absolute atomic E-state index is 0.0136. The Morgan fingerprint density at radius 2 is 2.24 bits per heavy atom. The predicted molar refractivity (Wildman–Crippen MR) is 73.5 cm³/mol. The quantitative estimate of drug-likeness (QED) is 0.721. The molecule has 5 heteroatoms. The summed E-state index contributed by atoms with van der Waals surface area (Å²) in [5, 5.41) is 21.6. The Balaban J connectivity index is 1.90. The topological polar surface area (TPSA) is 70.0 Å². The number of phenols is 1. The standard InChI is InChI=1S/C16H17NO4/c1-17-7-15-12-8-2-3-9(18)13(12)21-14(15)10(19)4-5-16(15,20)11(17)6-8/h2-3,11,14,18,20H,4-7H2,1H3/t11-,14+,15?,16-/m1/s1. The lowest BCUT2D eigenvalue weighted by Crippen LogP contribution is -2.66. The van der Waals surface area contributed by atoms with Crippen LogP contribution in [0, 0.1) is 0 Å². The summed E-state index contributed by atoms with van der Waals surface area (Å²) in [5.41, 5.74) is 0.332. The van der Waals surface area contributed by atoms with Gasteiger partial charge in [-0.15, -0.1) is 0 Å². The van der Waals surface area contributed by atoms with Crippen LogP contribution in [0.25, 0.3) is 0 Å². The van der Waals surface area contributed by atoms with Crippen LogP contribution in [-0.2, 0) is 16.6 Å². The number of carbonyl (C=O) groups excluding carboxylic acids is 1. The average molecular weight is 287 g/mol. The molecule has 4 atom stereocenters. The minimum Gasteiger partial charge on any atom is -0.504 e. The van der Waals surface area contributed by atoms with Gasteiger partial charge in [-0.05, 0) is 31.5 Å². The summed E-state index contributed by atoms with van der Waals surface area (Å²) < 4.78 is 5.89. The van der Waals surface area contributed by atoms with Crippen LogP contribution in [0.2, 0.25) is 0 Å². The summed E-state index contributed by atoms with van der Waals surface area (Å²) in [6, 6.07) is 3.56. The highest BCUT2D eigenvalue weighted by atomic mass is 16.5. The molecule has 21 heavy (non-hydrogen) atoms. The Kier molecular flexibility index (Phi) is 1.86. The highest BCUT2D eigenvalue weighted by Crippen LogP contribution is 2.64. The zero-order chi connectivity index (χ0) is 14.6. The smallest absolute Gasteiger partial charge is 0.174 e. The lowest BCUT2D eigenvalue weighted by atomic mass is 9.54. The molecule has 2 fully saturated rings. The van der Waals surface area contributed by atoms with E-state index in [1.165, 1.54) is 0 Å². The van der Waals surface area contributed by atoms with Gasteiger partial charge in [0.2, 0.25) is 0 Å². The number of benzene rings is 1. The fourth-order valence-corrected chi connectivity index (χ4v) is 5.36. The monoisotopic (exact) mass is 287 g/mol. The number of phenolic OH excluding ortho intramolecular Hbond substituents is 1. The zero-order valence-electron chi connectivity index (χ0n) is 11.8. The molecule has 2 aliphatic carbocycles. The van der Waals surface area contributed by atoms with Crippen LogP contribution in [0.4, 0.5) is 0 Å². The van der Waals surface area contributed by atoms with Crippen molar-refractivity contribution >= 4 is 5.78 Å². The van der Waals surface area contributed by atoms with E-state index in [4.69, 9.17) is 4.74 Å². The molecular formula is C16H17NO4. The van der Waals surface area contributed by atoms with Crippen molar-refractivity contribution in [2.24, 2.45) is 0 Å². The number of hydrogen-bond acceptors (Lipinski definition) is 5. The number of Topliss-reactive ketones (excluding diaryl/α,β-unsaturated/α-hetero) is 1. The van der Waals surface area contributed by atoms with Crippen molar-refractivity contribution < 1.29 is 19.7 Å². The van der Waals surface area contributed by atoms with E-state index in [9.17, 15) is 15.0 Å². The molecule has 0 aromatic heterocycles. The first kappa shape index (κ1) is 12.0. The Morgan fingerprint density at radius 1 is 1.43 bits per heavy atom. The summed E-state index contributed by atoms with van der Waals surface area (Å²) in [6.45, 7) is 0.605. The SMILES string of the molecule is CN1CC23c4c5ccc(O)c4O[C@H]2C(=O)CC[C@@]3(O)[C@H]1C5. The molecule has 5 rings (SSSR count). The molecule has 0 radical (unpaired) electrons. The number of hydrogen-bond donors (Lipinski definition) is 2. The Hall–Kier alpha value is -1.59. The van der Waals surface area contributed by atoms with Crippen LogP contribution in [0.5, 0.6) is 11.5 Å². The van der Waals surface area contributed by atoms with Crippen molar-refractivity contribution in [3.63, 3.8) is 0 Å². The molecule has 4 aliphatic rings. The van der Waals surface area contributed by atoms with E-state index in [0.717, 1.165) is 17.5 Å². The van der Waals surface area contributed by atoms with E-state index in [1.54, 1.807) is 6.07 Å². The number of ketones is 1. The van der Waals surface area contributed by atoms with Gasteiger partial charge in [-0.1, -0.05) is 6.07 Å². The fraction of sp³-hybridized carbons (Fsp3) is 0.562. The highest BCUT2D eigenvalue weighted by molar-refractivity contribution is 5.90. The number of rotatable bonds is 0. The van der Waals surface area contributed by atoms with Crippen LogP contribution in [-0.4, -0.2) is 52.2 Å². The normalized spacial score (nSPS) is 42.9. The van der Waals surface area contributed by atoms with Gasteiger partial charge >= 0.3 is 0 Å². The molecule has 2 aliphatic heterocycles. The third-order valence-corrected chi connectivity index (χ3v) is 6.17. The Morgan fingerprint density at radius 3 is 3.05 bits per heavy atom. The third kappa shape index (κ3) is 1.03. The number of carbonyl (C=O) groups is 1. The van der Waals surface area contributed by atoms with Gasteiger partial charge in [-0.3, -0.25) is 9.69 Å². The number of ether oxygens (including phenoxy) is 1. The van der Waals surface area contributed by atoms with Crippen molar-refractivity contribution in [3.8, 4) is 11.5 Å². The number of aromatic hydroxyl groups is 1.